The highest BCUT2D eigenvalue weighted by molar-refractivity contribution is 7.92. The van der Waals surface area contributed by atoms with E-state index in [1.807, 2.05) is 23.7 Å². The maximum Gasteiger partial charge on any atom is 0.333 e. The molecule has 37 heavy (non-hydrogen) atoms. The van der Waals surface area contributed by atoms with Crippen molar-refractivity contribution in [3.63, 3.8) is 0 Å². The van der Waals surface area contributed by atoms with Crippen LogP contribution in [0.5, 0.6) is 0 Å². The molecule has 4 N–H and O–H groups in total. The van der Waals surface area contributed by atoms with Gasteiger partial charge in [0.2, 0.25) is 0 Å². The zero-order valence-corrected chi connectivity index (χ0v) is 22.1. The van der Waals surface area contributed by atoms with Crippen molar-refractivity contribution in [3.05, 3.63) is 79.8 Å². The second-order valence-corrected chi connectivity index (χ2v) is 11.9. The van der Waals surface area contributed by atoms with Crippen molar-refractivity contribution >= 4 is 61.3 Å². The lowest BCUT2D eigenvalue weighted by atomic mass is 10.2. The van der Waals surface area contributed by atoms with Gasteiger partial charge in [-0.05, 0) is 68.7 Å². The van der Waals surface area contributed by atoms with E-state index < -0.39 is 27.3 Å². The minimum atomic E-state index is -4.08. The van der Waals surface area contributed by atoms with E-state index in [1.165, 1.54) is 36.4 Å². The lowest BCUT2D eigenvalue weighted by Gasteiger charge is -2.12. The van der Waals surface area contributed by atoms with Crippen molar-refractivity contribution in [2.45, 2.75) is 4.21 Å². The lowest BCUT2D eigenvalue weighted by Crippen LogP contribution is -2.34. The molecular weight excluding hydrogens is 540 g/mol. The van der Waals surface area contributed by atoms with Gasteiger partial charge in [0.25, 0.3) is 15.6 Å². The average molecular weight is 563 g/mol. The molecule has 0 bridgehead atoms. The Morgan fingerprint density at radius 3 is 2.41 bits per heavy atom. The molecule has 4 aromatic rings. The van der Waals surface area contributed by atoms with E-state index in [2.05, 4.69) is 15.6 Å². The van der Waals surface area contributed by atoms with Gasteiger partial charge in [-0.3, -0.25) is 4.79 Å². The minimum Gasteiger partial charge on any atom is -0.384 e. The van der Waals surface area contributed by atoms with Crippen LogP contribution in [0, 0.1) is 0 Å². The van der Waals surface area contributed by atoms with E-state index in [0.717, 1.165) is 28.1 Å². The molecule has 0 spiro atoms. The molecule has 0 aliphatic carbocycles. The summed E-state index contributed by atoms with van der Waals surface area (Å²) in [5, 5.41) is 5.98. The Morgan fingerprint density at radius 2 is 1.76 bits per heavy atom. The smallest absolute Gasteiger partial charge is 0.333 e. The van der Waals surface area contributed by atoms with Gasteiger partial charge in [0, 0.05) is 24.5 Å². The molecule has 0 atom stereocenters. The van der Waals surface area contributed by atoms with Crippen LogP contribution >= 0.6 is 22.9 Å². The molecule has 2 aromatic carbocycles. The normalized spacial score (nSPS) is 11.6. The van der Waals surface area contributed by atoms with Crippen LogP contribution in [0.4, 0.5) is 16.2 Å². The number of likely N-dealkylation sites (N-methyl/N-ethyl adjacent to an activating group) is 1. The van der Waals surface area contributed by atoms with Gasteiger partial charge in [0.05, 0.1) is 20.9 Å². The number of thiophene rings is 1. The van der Waals surface area contributed by atoms with Gasteiger partial charge >= 0.3 is 11.7 Å². The van der Waals surface area contributed by atoms with Gasteiger partial charge in [-0.25, -0.2) is 27.3 Å². The molecule has 0 aliphatic rings. The van der Waals surface area contributed by atoms with Crippen LogP contribution in [0.2, 0.25) is 4.34 Å². The Hall–Kier alpha value is -3.65. The SMILES string of the molecule is CN(C)CCNc1ccc2c(=O)n(-c3ccc(NC(=O)NS(=O)(=O)c4ccc(Cl)s4)cc3)c(=O)[nH]c2c1. The quantitative estimate of drug-likeness (QED) is 0.258. The number of rotatable bonds is 8. The fourth-order valence-electron chi connectivity index (χ4n) is 3.45. The van der Waals surface area contributed by atoms with Crippen molar-refractivity contribution in [2.24, 2.45) is 0 Å². The van der Waals surface area contributed by atoms with Crippen LogP contribution in [-0.4, -0.2) is 56.1 Å². The summed E-state index contributed by atoms with van der Waals surface area (Å²) in [7, 11) is -0.149. The summed E-state index contributed by atoms with van der Waals surface area (Å²) in [6.07, 6.45) is 0. The van der Waals surface area contributed by atoms with Gasteiger partial charge in [-0.15, -0.1) is 11.3 Å². The van der Waals surface area contributed by atoms with E-state index in [9.17, 15) is 22.8 Å². The second kappa shape index (κ2) is 10.8. The Morgan fingerprint density at radius 1 is 1.05 bits per heavy atom. The van der Waals surface area contributed by atoms with Crippen molar-refractivity contribution in [2.75, 3.05) is 37.8 Å². The summed E-state index contributed by atoms with van der Waals surface area (Å²) < 4.78 is 27.6. The maximum atomic E-state index is 13.1. The Labute approximate surface area is 220 Å². The fourth-order valence-corrected chi connectivity index (χ4v) is 5.84. The minimum absolute atomic E-state index is 0.102. The molecule has 4 rings (SSSR count). The van der Waals surface area contributed by atoms with Crippen molar-refractivity contribution in [1.29, 1.82) is 0 Å². The van der Waals surface area contributed by atoms with E-state index in [-0.39, 0.29) is 19.9 Å². The van der Waals surface area contributed by atoms with E-state index >= 15 is 0 Å². The van der Waals surface area contributed by atoms with Crippen LogP contribution < -0.4 is 26.6 Å². The van der Waals surface area contributed by atoms with E-state index in [0.29, 0.717) is 17.4 Å². The topological polar surface area (TPSA) is 145 Å². The molecule has 194 valence electrons. The number of hydrogen-bond acceptors (Lipinski definition) is 8. The standard InChI is InChI=1S/C23H23ClN6O5S2/c1-29(2)12-11-25-15-5-8-17-18(13-15)27-23(33)30(21(17)31)16-6-3-14(4-7-16)26-22(32)28-37(34,35)20-10-9-19(24)36-20/h3-10,13,25H,11-12H2,1-2H3,(H,27,33)(H2,26,28,32). The number of hydrogen-bond donors (Lipinski definition) is 4. The number of urea groups is 1. The molecule has 2 heterocycles. The van der Waals surface area contributed by atoms with Gasteiger partial charge in [-0.1, -0.05) is 11.6 Å². The Kier molecular flexibility index (Phi) is 7.68. The Balaban J connectivity index is 1.51. The molecule has 14 heteroatoms. The molecule has 0 fully saturated rings. The average Bonchev–Trinajstić information content (AvgIpc) is 3.27. The fraction of sp³-hybridized carbons (Fsp3) is 0.174. The highest BCUT2D eigenvalue weighted by Gasteiger charge is 2.20. The first-order valence-electron chi connectivity index (χ1n) is 10.9. The van der Waals surface area contributed by atoms with Crippen LogP contribution in [0.15, 0.2) is 68.4 Å². The third-order valence-corrected chi connectivity index (χ3v) is 8.26. The third-order valence-electron chi connectivity index (χ3n) is 5.21. The first-order chi connectivity index (χ1) is 17.5. The monoisotopic (exact) mass is 562 g/mol. The predicted molar refractivity (Wildman–Crippen MR) is 146 cm³/mol. The zero-order valence-electron chi connectivity index (χ0n) is 19.7. The number of carbonyl (C=O) groups excluding carboxylic acids is 1. The Bertz CT molecular complexity index is 1680. The number of H-pyrrole nitrogens is 1. The first-order valence-corrected chi connectivity index (χ1v) is 13.6. The lowest BCUT2D eigenvalue weighted by molar-refractivity contribution is 0.256. The summed E-state index contributed by atoms with van der Waals surface area (Å²) in [5.74, 6) is 0. The highest BCUT2D eigenvalue weighted by atomic mass is 35.5. The summed E-state index contributed by atoms with van der Waals surface area (Å²) in [6, 6.07) is 12.7. The van der Waals surface area contributed by atoms with Gasteiger partial charge in [0.15, 0.2) is 0 Å². The summed E-state index contributed by atoms with van der Waals surface area (Å²) >= 11 is 6.58. The van der Waals surface area contributed by atoms with Crippen LogP contribution in [0.1, 0.15) is 0 Å². The van der Waals surface area contributed by atoms with Crippen molar-refractivity contribution in [1.82, 2.24) is 19.2 Å². The predicted octanol–water partition coefficient (Wildman–Crippen LogP) is 2.88. The number of benzene rings is 2. The number of aromatic amines is 1. The van der Waals surface area contributed by atoms with Crippen molar-refractivity contribution < 1.29 is 13.2 Å². The van der Waals surface area contributed by atoms with Crippen molar-refractivity contribution in [3.8, 4) is 5.69 Å². The summed E-state index contributed by atoms with van der Waals surface area (Å²) in [5.41, 5.74) is 0.580. The molecule has 2 amide bonds. The summed E-state index contributed by atoms with van der Waals surface area (Å²) in [4.78, 5) is 42.8. The second-order valence-electron chi connectivity index (χ2n) is 8.23. The number of anilines is 2. The van der Waals surface area contributed by atoms with E-state index in [4.69, 9.17) is 11.6 Å². The van der Waals surface area contributed by atoms with Gasteiger partial charge < -0.3 is 20.5 Å². The van der Waals surface area contributed by atoms with Crippen LogP contribution in [0.3, 0.4) is 0 Å². The number of sulfonamides is 1. The first kappa shape index (κ1) is 26.4. The maximum absolute atomic E-state index is 13.1. The molecule has 0 radical (unpaired) electrons. The molecule has 2 aromatic heterocycles. The zero-order chi connectivity index (χ0) is 26.7. The number of nitrogens with zero attached hydrogens (tertiary/aromatic N) is 2. The number of halogens is 1. The number of amides is 2. The molecule has 0 saturated carbocycles. The van der Waals surface area contributed by atoms with Gasteiger partial charge in [0.1, 0.15) is 4.21 Å². The van der Waals surface area contributed by atoms with Crippen LogP contribution in [0.25, 0.3) is 16.6 Å². The molecule has 11 nitrogen and oxygen atoms in total. The number of nitrogens with one attached hydrogen (secondary N) is 4. The number of aromatic nitrogens is 2. The summed E-state index contributed by atoms with van der Waals surface area (Å²) in [6.45, 7) is 1.52. The largest absolute Gasteiger partial charge is 0.384 e. The molecule has 0 aliphatic heterocycles. The van der Waals surface area contributed by atoms with E-state index in [1.54, 1.807) is 18.2 Å². The van der Waals surface area contributed by atoms with Gasteiger partial charge in [-0.2, -0.15) is 0 Å². The number of fused-ring (bicyclic) bond motifs is 1. The molecular formula is C23H23ClN6O5S2. The third kappa shape index (κ3) is 6.20. The molecule has 0 unspecified atom stereocenters. The highest BCUT2D eigenvalue weighted by Crippen LogP contribution is 2.25. The molecule has 0 saturated heterocycles. The number of carbonyl (C=O) groups is 1. The van der Waals surface area contributed by atoms with Crippen LogP contribution in [-0.2, 0) is 10.0 Å².